The summed E-state index contributed by atoms with van der Waals surface area (Å²) < 4.78 is 15.3. The Bertz CT molecular complexity index is 738. The van der Waals surface area contributed by atoms with Crippen LogP contribution in [0.4, 0.5) is 10.3 Å². The Morgan fingerprint density at radius 3 is 2.50 bits per heavy atom. The first kappa shape index (κ1) is 17.8. The number of aliphatic hydroxyl groups is 1. The third-order valence-electron chi connectivity index (χ3n) is 5.25. The lowest BCUT2D eigenvalue weighted by molar-refractivity contribution is 0.204. The van der Waals surface area contributed by atoms with Gasteiger partial charge < -0.3 is 10.0 Å². The van der Waals surface area contributed by atoms with Crippen LogP contribution in [0.5, 0.6) is 0 Å². The number of nitrogens with zero attached hydrogens (tertiary/aromatic N) is 4. The first-order valence-electron chi connectivity index (χ1n) is 9.38. The molecule has 1 atom stereocenters. The molecule has 2 heterocycles. The van der Waals surface area contributed by atoms with Crippen molar-refractivity contribution < 1.29 is 9.50 Å². The number of halogens is 1. The Balaban J connectivity index is 1.46. The molecule has 2 aliphatic rings. The summed E-state index contributed by atoms with van der Waals surface area (Å²) in [4.78, 5) is 2.35. The predicted molar refractivity (Wildman–Crippen MR) is 101 cm³/mol. The third kappa shape index (κ3) is 3.88. The zero-order valence-electron chi connectivity index (χ0n) is 15.0. The van der Waals surface area contributed by atoms with E-state index in [1.54, 1.807) is 12.1 Å². The Morgan fingerprint density at radius 2 is 1.85 bits per heavy atom. The van der Waals surface area contributed by atoms with Gasteiger partial charge in [-0.15, -0.1) is 10.2 Å². The lowest BCUT2D eigenvalue weighted by Crippen LogP contribution is -2.34. The average molecular weight is 377 g/mol. The summed E-state index contributed by atoms with van der Waals surface area (Å²) in [5.74, 6) is 1.96. The van der Waals surface area contributed by atoms with Gasteiger partial charge >= 0.3 is 0 Å². The largest absolute Gasteiger partial charge is 0.388 e. The number of aliphatic hydroxyl groups excluding tert-OH is 1. The Hall–Kier alpha value is -1.60. The van der Waals surface area contributed by atoms with Crippen molar-refractivity contribution >= 4 is 17.7 Å². The molecule has 2 fully saturated rings. The van der Waals surface area contributed by atoms with Gasteiger partial charge in [-0.05, 0) is 49.3 Å². The highest BCUT2D eigenvalue weighted by Gasteiger charge is 2.32. The van der Waals surface area contributed by atoms with Crippen LogP contribution in [-0.2, 0) is 0 Å². The molecular weight excluding hydrogens is 351 g/mol. The molecule has 4 rings (SSSR count). The van der Waals surface area contributed by atoms with Crippen LogP contribution in [0.2, 0.25) is 0 Å². The fourth-order valence-corrected chi connectivity index (χ4v) is 4.35. The summed E-state index contributed by atoms with van der Waals surface area (Å²) in [6.45, 7) is 4.38. The van der Waals surface area contributed by atoms with E-state index in [-0.39, 0.29) is 5.82 Å². The van der Waals surface area contributed by atoms with Crippen LogP contribution in [0.15, 0.2) is 29.4 Å². The highest BCUT2D eigenvalue weighted by Crippen LogP contribution is 2.42. The SMILES string of the molecule is CC1CCN(c2nnc(SCC(O)c3ccc(F)cc3)n2C2CC2)CC1. The molecule has 5 nitrogen and oxygen atoms in total. The van der Waals surface area contributed by atoms with Gasteiger partial charge in [-0.2, -0.15) is 0 Å². The molecule has 140 valence electrons. The quantitative estimate of drug-likeness (QED) is 0.777. The van der Waals surface area contributed by atoms with Gasteiger partial charge in [-0.25, -0.2) is 4.39 Å². The minimum absolute atomic E-state index is 0.289. The Morgan fingerprint density at radius 1 is 1.15 bits per heavy atom. The van der Waals surface area contributed by atoms with Crippen molar-refractivity contribution in [2.75, 3.05) is 23.7 Å². The van der Waals surface area contributed by atoms with Gasteiger partial charge in [0.25, 0.3) is 0 Å². The van der Waals surface area contributed by atoms with Gasteiger partial charge in [-0.1, -0.05) is 30.8 Å². The topological polar surface area (TPSA) is 54.2 Å². The summed E-state index contributed by atoms with van der Waals surface area (Å²) >= 11 is 1.53. The van der Waals surface area contributed by atoms with Crippen molar-refractivity contribution in [2.45, 2.75) is 49.9 Å². The zero-order chi connectivity index (χ0) is 18.1. The highest BCUT2D eigenvalue weighted by atomic mass is 32.2. The predicted octanol–water partition coefficient (Wildman–Crippen LogP) is 3.81. The molecule has 1 aliphatic heterocycles. The Labute approximate surface area is 157 Å². The second-order valence-corrected chi connectivity index (χ2v) is 8.42. The van der Waals surface area contributed by atoms with Crippen LogP contribution in [-0.4, -0.2) is 38.7 Å². The minimum Gasteiger partial charge on any atom is -0.388 e. The first-order chi connectivity index (χ1) is 12.6. The molecule has 7 heteroatoms. The van der Waals surface area contributed by atoms with Crippen molar-refractivity contribution in [3.8, 4) is 0 Å². The highest BCUT2D eigenvalue weighted by molar-refractivity contribution is 7.99. The van der Waals surface area contributed by atoms with Gasteiger partial charge in [-0.3, -0.25) is 4.57 Å². The Kier molecular flexibility index (Phi) is 5.18. The summed E-state index contributed by atoms with van der Waals surface area (Å²) in [6, 6.07) is 6.51. The summed E-state index contributed by atoms with van der Waals surface area (Å²) in [5, 5.41) is 20.2. The average Bonchev–Trinajstić information content (AvgIpc) is 3.40. The molecule has 1 aliphatic carbocycles. The lowest BCUT2D eigenvalue weighted by Gasteiger charge is -2.31. The van der Waals surface area contributed by atoms with Crippen molar-refractivity contribution in [2.24, 2.45) is 5.92 Å². The maximum absolute atomic E-state index is 13.0. The van der Waals surface area contributed by atoms with E-state index in [9.17, 15) is 9.50 Å². The van der Waals surface area contributed by atoms with E-state index in [2.05, 4.69) is 26.6 Å². The minimum atomic E-state index is -0.649. The number of benzene rings is 1. The number of anilines is 1. The van der Waals surface area contributed by atoms with Crippen LogP contribution in [0.25, 0.3) is 0 Å². The monoisotopic (exact) mass is 376 g/mol. The van der Waals surface area contributed by atoms with Crippen molar-refractivity contribution in [1.82, 2.24) is 14.8 Å². The number of hydrogen-bond acceptors (Lipinski definition) is 5. The fourth-order valence-electron chi connectivity index (χ4n) is 3.38. The molecule has 26 heavy (non-hydrogen) atoms. The molecule has 0 amide bonds. The van der Waals surface area contributed by atoms with E-state index in [0.717, 1.165) is 35.7 Å². The van der Waals surface area contributed by atoms with Crippen molar-refractivity contribution in [3.05, 3.63) is 35.6 Å². The molecule has 1 aromatic heterocycles. The third-order valence-corrected chi connectivity index (χ3v) is 6.27. The number of rotatable bonds is 6. The molecular formula is C19H25FN4OS. The number of piperidine rings is 1. The zero-order valence-corrected chi connectivity index (χ0v) is 15.8. The first-order valence-corrected chi connectivity index (χ1v) is 10.4. The van der Waals surface area contributed by atoms with Crippen LogP contribution in [0.3, 0.4) is 0 Å². The maximum Gasteiger partial charge on any atom is 0.228 e. The van der Waals surface area contributed by atoms with Gasteiger partial charge in [0.15, 0.2) is 5.16 Å². The molecule has 1 unspecified atom stereocenters. The van der Waals surface area contributed by atoms with Gasteiger partial charge in [0.1, 0.15) is 5.82 Å². The normalized spacial score (nSPS) is 19.7. The van der Waals surface area contributed by atoms with Crippen molar-refractivity contribution in [3.63, 3.8) is 0 Å². The van der Waals surface area contributed by atoms with Crippen molar-refractivity contribution in [1.29, 1.82) is 0 Å². The maximum atomic E-state index is 13.0. The summed E-state index contributed by atoms with van der Waals surface area (Å²) in [6.07, 6.45) is 4.09. The fraction of sp³-hybridized carbons (Fsp3) is 0.579. The van der Waals surface area contributed by atoms with E-state index >= 15 is 0 Å². The molecule has 1 N–H and O–H groups in total. The van der Waals surface area contributed by atoms with Gasteiger partial charge in [0.2, 0.25) is 5.95 Å². The van der Waals surface area contributed by atoms with E-state index in [4.69, 9.17) is 0 Å². The van der Waals surface area contributed by atoms with Crippen LogP contribution < -0.4 is 4.90 Å². The van der Waals surface area contributed by atoms with E-state index in [1.807, 2.05) is 0 Å². The number of hydrogen-bond donors (Lipinski definition) is 1. The molecule has 1 saturated carbocycles. The molecule has 1 saturated heterocycles. The van der Waals surface area contributed by atoms with Gasteiger partial charge in [0, 0.05) is 24.9 Å². The number of aromatic nitrogens is 3. The van der Waals surface area contributed by atoms with Crippen LogP contribution >= 0.6 is 11.8 Å². The summed E-state index contributed by atoms with van der Waals surface area (Å²) in [5.41, 5.74) is 0.724. The number of thioether (sulfide) groups is 1. The summed E-state index contributed by atoms with van der Waals surface area (Å²) in [7, 11) is 0. The van der Waals surface area contributed by atoms with Crippen LogP contribution in [0.1, 0.15) is 50.3 Å². The molecule has 0 spiro atoms. The second kappa shape index (κ2) is 7.56. The van der Waals surface area contributed by atoms with E-state index in [1.165, 1.54) is 49.6 Å². The van der Waals surface area contributed by atoms with Crippen LogP contribution in [0, 0.1) is 11.7 Å². The lowest BCUT2D eigenvalue weighted by atomic mass is 10.00. The molecule has 0 radical (unpaired) electrons. The van der Waals surface area contributed by atoms with Gasteiger partial charge in [0.05, 0.1) is 6.10 Å². The van der Waals surface area contributed by atoms with E-state index in [0.29, 0.717) is 11.8 Å². The molecule has 0 bridgehead atoms. The molecule has 1 aromatic carbocycles. The smallest absolute Gasteiger partial charge is 0.228 e. The molecule has 2 aromatic rings. The standard InChI is InChI=1S/C19H25FN4OS/c1-13-8-10-23(11-9-13)18-21-22-19(24(18)16-6-7-16)26-12-17(25)14-2-4-15(20)5-3-14/h2-5,13,16-17,25H,6-12H2,1H3. The van der Waals surface area contributed by atoms with E-state index < -0.39 is 6.10 Å². The second-order valence-electron chi connectivity index (χ2n) is 7.43.